The molecule has 0 unspecified atom stereocenters. The van der Waals surface area contributed by atoms with E-state index >= 15 is 0 Å². The van der Waals surface area contributed by atoms with Crippen LogP contribution in [0.4, 0.5) is 0 Å². The number of hydrogen-bond acceptors (Lipinski definition) is 8. The Kier molecular flexibility index (Phi) is 11.4. The van der Waals surface area contributed by atoms with Gasteiger partial charge < -0.3 is 38.6 Å². The van der Waals surface area contributed by atoms with E-state index in [4.69, 9.17) is 28.4 Å². The van der Waals surface area contributed by atoms with Crippen molar-refractivity contribution in [3.05, 3.63) is 46.5 Å². The second-order valence-electron chi connectivity index (χ2n) is 7.24. The van der Waals surface area contributed by atoms with Crippen LogP contribution in [-0.2, 0) is 54.8 Å². The lowest BCUT2D eigenvalue weighted by Gasteiger charge is -2.16. The van der Waals surface area contributed by atoms with Gasteiger partial charge in [0.05, 0.1) is 52.9 Å². The lowest BCUT2D eigenvalue weighted by Crippen LogP contribution is -2.04. The summed E-state index contributed by atoms with van der Waals surface area (Å²) in [7, 11) is 6.37. The van der Waals surface area contributed by atoms with Crippen LogP contribution in [0.2, 0.25) is 0 Å². The number of phenols is 2. The second-order valence-corrected chi connectivity index (χ2v) is 7.24. The zero-order chi connectivity index (χ0) is 23.3. The van der Waals surface area contributed by atoms with Gasteiger partial charge in [-0.3, -0.25) is 0 Å². The van der Waals surface area contributed by atoms with E-state index in [-0.39, 0.29) is 37.9 Å². The molecule has 2 N–H and O–H groups in total. The number of ether oxygens (including phenoxy) is 6. The standard InChI is InChI=1S/C24H34O8/c1-27-5-7-31-15-21-11-17(9-19(13-29-3)23(21)25)18-10-20(14-30-4)24(26)22(12-18)16-32-8-6-28-2/h9-12,25-26H,5-8,13-16H2,1-4H3. The van der Waals surface area contributed by atoms with Crippen LogP contribution >= 0.6 is 0 Å². The molecule has 0 aliphatic heterocycles. The first-order valence-electron chi connectivity index (χ1n) is 10.4. The van der Waals surface area contributed by atoms with Gasteiger partial charge in [0.2, 0.25) is 0 Å². The van der Waals surface area contributed by atoms with Crippen molar-refractivity contribution in [1.29, 1.82) is 0 Å². The Morgan fingerprint density at radius 3 is 1.16 bits per heavy atom. The summed E-state index contributed by atoms with van der Waals surface area (Å²) in [4.78, 5) is 0. The molecular formula is C24H34O8. The fraction of sp³-hybridized carbons (Fsp3) is 0.500. The molecule has 0 radical (unpaired) electrons. The third-order valence-corrected chi connectivity index (χ3v) is 4.85. The van der Waals surface area contributed by atoms with Crippen molar-refractivity contribution in [1.82, 2.24) is 0 Å². The van der Waals surface area contributed by atoms with Gasteiger partial charge in [-0.1, -0.05) is 0 Å². The summed E-state index contributed by atoms with van der Waals surface area (Å²) in [6.45, 7) is 2.74. The van der Waals surface area contributed by atoms with E-state index in [2.05, 4.69) is 0 Å². The van der Waals surface area contributed by atoms with E-state index in [0.29, 0.717) is 48.7 Å². The Morgan fingerprint density at radius 1 is 0.500 bits per heavy atom. The van der Waals surface area contributed by atoms with Crippen LogP contribution in [0.5, 0.6) is 11.5 Å². The van der Waals surface area contributed by atoms with Gasteiger partial charge in [0.25, 0.3) is 0 Å². The molecule has 0 aliphatic rings. The van der Waals surface area contributed by atoms with Crippen molar-refractivity contribution in [3.8, 4) is 22.6 Å². The summed E-state index contributed by atoms with van der Waals surface area (Å²) in [6.07, 6.45) is 0. The van der Waals surface area contributed by atoms with E-state index in [1.165, 1.54) is 0 Å². The SMILES string of the molecule is COCCOCc1cc(-c2cc(COC)c(O)c(COCCOC)c2)cc(COC)c1O. The minimum Gasteiger partial charge on any atom is -0.507 e. The molecule has 2 rings (SSSR count). The van der Waals surface area contributed by atoms with Crippen LogP contribution < -0.4 is 0 Å². The number of benzene rings is 2. The summed E-state index contributed by atoms with van der Waals surface area (Å²) in [5, 5.41) is 21.3. The molecule has 0 saturated heterocycles. The average molecular weight is 451 g/mol. The van der Waals surface area contributed by atoms with Crippen molar-refractivity contribution < 1.29 is 38.6 Å². The van der Waals surface area contributed by atoms with E-state index in [9.17, 15) is 10.2 Å². The van der Waals surface area contributed by atoms with Crippen LogP contribution in [0.1, 0.15) is 22.3 Å². The molecule has 0 fully saturated rings. The van der Waals surface area contributed by atoms with Crippen LogP contribution in [0.3, 0.4) is 0 Å². The monoisotopic (exact) mass is 450 g/mol. The summed E-state index contributed by atoms with van der Waals surface area (Å²) < 4.78 is 31.8. The predicted octanol–water partition coefficient (Wildman–Crippen LogP) is 3.38. The molecular weight excluding hydrogens is 416 g/mol. The van der Waals surface area contributed by atoms with Gasteiger partial charge in [-0.25, -0.2) is 0 Å². The molecule has 0 aromatic heterocycles. The minimum atomic E-state index is 0.145. The maximum Gasteiger partial charge on any atom is 0.126 e. The zero-order valence-electron chi connectivity index (χ0n) is 19.3. The third-order valence-electron chi connectivity index (χ3n) is 4.85. The fourth-order valence-electron chi connectivity index (χ4n) is 3.25. The van der Waals surface area contributed by atoms with Gasteiger partial charge in [0.1, 0.15) is 11.5 Å². The highest BCUT2D eigenvalue weighted by molar-refractivity contribution is 5.70. The topological polar surface area (TPSA) is 95.8 Å². The number of methoxy groups -OCH3 is 4. The fourth-order valence-corrected chi connectivity index (χ4v) is 3.25. The van der Waals surface area contributed by atoms with Crippen LogP contribution in [0.15, 0.2) is 24.3 Å². The van der Waals surface area contributed by atoms with E-state index in [1.54, 1.807) is 28.4 Å². The largest absolute Gasteiger partial charge is 0.507 e. The molecule has 8 heteroatoms. The molecule has 8 nitrogen and oxygen atoms in total. The van der Waals surface area contributed by atoms with Gasteiger partial charge in [-0.2, -0.15) is 0 Å². The van der Waals surface area contributed by atoms with Gasteiger partial charge in [0, 0.05) is 50.7 Å². The van der Waals surface area contributed by atoms with Crippen molar-refractivity contribution >= 4 is 0 Å². The van der Waals surface area contributed by atoms with Gasteiger partial charge in [-0.15, -0.1) is 0 Å². The highest BCUT2D eigenvalue weighted by Crippen LogP contribution is 2.35. The van der Waals surface area contributed by atoms with Gasteiger partial charge in [-0.05, 0) is 35.4 Å². The first-order chi connectivity index (χ1) is 15.5. The molecule has 0 amide bonds. The summed E-state index contributed by atoms with van der Waals surface area (Å²) in [5.41, 5.74) is 4.30. The van der Waals surface area contributed by atoms with Crippen molar-refractivity contribution in [2.24, 2.45) is 0 Å². The van der Waals surface area contributed by atoms with Crippen molar-refractivity contribution in [2.45, 2.75) is 26.4 Å². The number of aromatic hydroxyl groups is 2. The summed E-state index contributed by atoms with van der Waals surface area (Å²) in [5.74, 6) is 0.291. The first-order valence-corrected chi connectivity index (χ1v) is 10.4. The highest BCUT2D eigenvalue weighted by Gasteiger charge is 2.16. The lowest BCUT2D eigenvalue weighted by atomic mass is 9.95. The lowest BCUT2D eigenvalue weighted by molar-refractivity contribution is 0.0606. The molecule has 178 valence electrons. The molecule has 2 aromatic rings. The summed E-state index contributed by atoms with van der Waals surface area (Å²) in [6, 6.07) is 7.49. The normalized spacial score (nSPS) is 11.2. The Hall–Kier alpha value is -2.20. The Bertz CT molecular complexity index is 768. The number of hydrogen-bond donors (Lipinski definition) is 2. The zero-order valence-corrected chi connectivity index (χ0v) is 19.3. The van der Waals surface area contributed by atoms with Crippen molar-refractivity contribution in [3.63, 3.8) is 0 Å². The molecule has 2 aromatic carbocycles. The molecule has 0 aliphatic carbocycles. The Balaban J connectivity index is 2.43. The predicted molar refractivity (Wildman–Crippen MR) is 120 cm³/mol. The van der Waals surface area contributed by atoms with E-state index < -0.39 is 0 Å². The van der Waals surface area contributed by atoms with Crippen LogP contribution in [0, 0.1) is 0 Å². The molecule has 0 saturated carbocycles. The Morgan fingerprint density at radius 2 is 0.844 bits per heavy atom. The second kappa shape index (κ2) is 14.1. The summed E-state index contributed by atoms with van der Waals surface area (Å²) >= 11 is 0. The maximum absolute atomic E-state index is 10.7. The van der Waals surface area contributed by atoms with Gasteiger partial charge in [0.15, 0.2) is 0 Å². The molecule has 0 atom stereocenters. The quantitative estimate of drug-likeness (QED) is 0.399. The van der Waals surface area contributed by atoms with Crippen molar-refractivity contribution in [2.75, 3.05) is 54.9 Å². The van der Waals surface area contributed by atoms with Crippen LogP contribution in [0.25, 0.3) is 11.1 Å². The Labute approximate surface area is 189 Å². The smallest absolute Gasteiger partial charge is 0.126 e. The van der Waals surface area contributed by atoms with Crippen LogP contribution in [-0.4, -0.2) is 65.1 Å². The first kappa shape index (κ1) is 26.1. The number of phenolic OH excluding ortho intramolecular Hbond substituents is 2. The molecule has 0 spiro atoms. The van der Waals surface area contributed by atoms with Gasteiger partial charge >= 0.3 is 0 Å². The molecule has 0 heterocycles. The van der Waals surface area contributed by atoms with E-state index in [0.717, 1.165) is 11.1 Å². The van der Waals surface area contributed by atoms with E-state index in [1.807, 2.05) is 24.3 Å². The highest BCUT2D eigenvalue weighted by atomic mass is 16.5. The number of rotatable bonds is 15. The molecule has 0 bridgehead atoms. The average Bonchev–Trinajstić information content (AvgIpc) is 2.79. The molecule has 32 heavy (non-hydrogen) atoms. The third kappa shape index (κ3) is 7.44. The maximum atomic E-state index is 10.7. The minimum absolute atomic E-state index is 0.145.